The number of hydrogen-bond acceptors (Lipinski definition) is 4. The molecule has 0 N–H and O–H groups in total. The van der Waals surface area contributed by atoms with Crippen molar-refractivity contribution in [1.29, 1.82) is 5.26 Å². The number of rotatable bonds is 1. The van der Waals surface area contributed by atoms with Gasteiger partial charge in [0.25, 0.3) is 0 Å². The van der Waals surface area contributed by atoms with E-state index < -0.39 is 10.0 Å². The van der Waals surface area contributed by atoms with Gasteiger partial charge in [0.15, 0.2) is 0 Å². The minimum Gasteiger partial charge on any atom is -0.379 e. The average Bonchev–Trinajstić information content (AvgIpc) is 2.17. The Hall–Kier alpha value is -0.640. The molecule has 0 amide bonds. The molecule has 74 valence electrons. The second-order valence-corrected chi connectivity index (χ2v) is 4.98. The fourth-order valence-corrected chi connectivity index (χ4v) is 2.64. The molecule has 13 heavy (non-hydrogen) atoms. The monoisotopic (exact) mass is 204 g/mol. The highest BCUT2D eigenvalue weighted by Crippen LogP contribution is 2.11. The van der Waals surface area contributed by atoms with Gasteiger partial charge in [0, 0.05) is 6.04 Å². The van der Waals surface area contributed by atoms with Gasteiger partial charge in [0.2, 0.25) is 10.0 Å². The van der Waals surface area contributed by atoms with Gasteiger partial charge in [-0.25, -0.2) is 8.42 Å². The predicted molar refractivity (Wildman–Crippen MR) is 46.4 cm³/mol. The van der Waals surface area contributed by atoms with Crippen molar-refractivity contribution in [3.63, 3.8) is 0 Å². The summed E-state index contributed by atoms with van der Waals surface area (Å²) in [7, 11) is -3.29. The Bertz CT molecular complexity index is 306. The third-order valence-electron chi connectivity index (χ3n) is 1.92. The first-order valence-electron chi connectivity index (χ1n) is 4.02. The van der Waals surface area contributed by atoms with E-state index >= 15 is 0 Å². The van der Waals surface area contributed by atoms with Crippen molar-refractivity contribution in [3.05, 3.63) is 0 Å². The molecule has 0 aliphatic carbocycles. The predicted octanol–water partition coefficient (Wildman–Crippen LogP) is -0.440. The highest BCUT2D eigenvalue weighted by atomic mass is 32.2. The smallest absolute Gasteiger partial charge is 0.217 e. The van der Waals surface area contributed by atoms with Crippen molar-refractivity contribution in [3.8, 4) is 6.07 Å². The van der Waals surface area contributed by atoms with Gasteiger partial charge < -0.3 is 4.74 Å². The van der Waals surface area contributed by atoms with Gasteiger partial charge in [-0.3, -0.25) is 0 Å². The standard InChI is InChI=1S/C7H12N2O3S/c1-7-6-12-4-5-13(10,11)9(7)3-2-8/h7H,3-6H2,1H3/t7-/m0/s1. The van der Waals surface area contributed by atoms with Crippen molar-refractivity contribution in [2.75, 3.05) is 25.5 Å². The first-order valence-corrected chi connectivity index (χ1v) is 5.63. The third kappa shape index (κ3) is 2.40. The van der Waals surface area contributed by atoms with E-state index in [0.29, 0.717) is 6.61 Å². The van der Waals surface area contributed by atoms with Gasteiger partial charge in [-0.1, -0.05) is 0 Å². The lowest BCUT2D eigenvalue weighted by atomic mass is 10.3. The Balaban J connectivity index is 2.88. The highest BCUT2D eigenvalue weighted by molar-refractivity contribution is 7.89. The number of sulfonamides is 1. The number of nitrogens with zero attached hydrogens (tertiary/aromatic N) is 2. The fraction of sp³-hybridized carbons (Fsp3) is 0.857. The Kier molecular flexibility index (Phi) is 3.25. The van der Waals surface area contributed by atoms with Crippen LogP contribution in [0.15, 0.2) is 0 Å². The Labute approximate surface area is 77.9 Å². The normalized spacial score (nSPS) is 29.1. The maximum Gasteiger partial charge on any atom is 0.217 e. The van der Waals surface area contributed by atoms with E-state index in [1.165, 1.54) is 4.31 Å². The molecule has 0 aromatic rings. The van der Waals surface area contributed by atoms with Crippen LogP contribution in [0.1, 0.15) is 6.92 Å². The summed E-state index contributed by atoms with van der Waals surface area (Å²) in [4.78, 5) is 0. The SMILES string of the molecule is C[C@H]1COCCS(=O)(=O)N1CC#N. The molecule has 0 aromatic heterocycles. The van der Waals surface area contributed by atoms with Crippen molar-refractivity contribution < 1.29 is 13.2 Å². The molecule has 0 unspecified atom stereocenters. The van der Waals surface area contributed by atoms with Crippen LogP contribution in [-0.4, -0.2) is 44.3 Å². The number of ether oxygens (including phenoxy) is 1. The van der Waals surface area contributed by atoms with Crippen molar-refractivity contribution in [1.82, 2.24) is 4.31 Å². The summed E-state index contributed by atoms with van der Waals surface area (Å²) in [5.74, 6) is -0.0288. The van der Waals surface area contributed by atoms with Gasteiger partial charge in [-0.2, -0.15) is 9.57 Å². The molecule has 0 aromatic carbocycles. The molecular formula is C7H12N2O3S. The molecule has 1 fully saturated rings. The summed E-state index contributed by atoms with van der Waals surface area (Å²) in [6, 6.07) is 1.60. The molecule has 1 aliphatic heterocycles. The highest BCUT2D eigenvalue weighted by Gasteiger charge is 2.29. The Morgan fingerprint density at radius 2 is 2.38 bits per heavy atom. The van der Waals surface area contributed by atoms with E-state index in [4.69, 9.17) is 10.00 Å². The fourth-order valence-electron chi connectivity index (χ4n) is 1.22. The maximum absolute atomic E-state index is 11.5. The lowest BCUT2D eigenvalue weighted by Crippen LogP contribution is -2.40. The molecule has 0 bridgehead atoms. The zero-order valence-electron chi connectivity index (χ0n) is 7.43. The van der Waals surface area contributed by atoms with Crippen LogP contribution in [0.5, 0.6) is 0 Å². The summed E-state index contributed by atoms with van der Waals surface area (Å²) in [6.07, 6.45) is 0. The maximum atomic E-state index is 11.5. The molecule has 0 radical (unpaired) electrons. The molecule has 1 heterocycles. The summed E-state index contributed by atoms with van der Waals surface area (Å²) in [5.41, 5.74) is 0. The molecule has 1 rings (SSSR count). The topological polar surface area (TPSA) is 70.4 Å². The quantitative estimate of drug-likeness (QED) is 0.543. The lowest BCUT2D eigenvalue weighted by molar-refractivity contribution is 0.120. The first kappa shape index (κ1) is 10.4. The van der Waals surface area contributed by atoms with E-state index in [1.807, 2.05) is 6.07 Å². The van der Waals surface area contributed by atoms with Crippen LogP contribution in [-0.2, 0) is 14.8 Å². The second kappa shape index (κ2) is 4.05. The average molecular weight is 204 g/mol. The summed E-state index contributed by atoms with van der Waals surface area (Å²) >= 11 is 0. The van der Waals surface area contributed by atoms with Crippen LogP contribution < -0.4 is 0 Å². The summed E-state index contributed by atoms with van der Waals surface area (Å²) in [5, 5.41) is 8.46. The van der Waals surface area contributed by atoms with E-state index in [-0.39, 0.29) is 24.9 Å². The van der Waals surface area contributed by atoms with Gasteiger partial charge in [0.1, 0.15) is 6.54 Å². The zero-order valence-corrected chi connectivity index (χ0v) is 8.25. The Morgan fingerprint density at radius 3 is 3.00 bits per heavy atom. The van der Waals surface area contributed by atoms with E-state index in [0.717, 1.165) is 0 Å². The van der Waals surface area contributed by atoms with Gasteiger partial charge in [-0.05, 0) is 6.92 Å². The molecule has 0 spiro atoms. The van der Waals surface area contributed by atoms with Crippen molar-refractivity contribution in [2.24, 2.45) is 0 Å². The minimum atomic E-state index is -3.29. The summed E-state index contributed by atoms with van der Waals surface area (Å²) < 4.78 is 29.3. The van der Waals surface area contributed by atoms with E-state index in [9.17, 15) is 8.42 Å². The van der Waals surface area contributed by atoms with Gasteiger partial charge in [-0.15, -0.1) is 0 Å². The molecular weight excluding hydrogens is 192 g/mol. The van der Waals surface area contributed by atoms with Crippen LogP contribution >= 0.6 is 0 Å². The van der Waals surface area contributed by atoms with Crippen LogP contribution in [0.2, 0.25) is 0 Å². The molecule has 1 saturated heterocycles. The van der Waals surface area contributed by atoms with Crippen molar-refractivity contribution >= 4 is 10.0 Å². The molecule has 1 aliphatic rings. The van der Waals surface area contributed by atoms with E-state index in [1.54, 1.807) is 6.92 Å². The summed E-state index contributed by atoms with van der Waals surface area (Å²) in [6.45, 7) is 2.22. The second-order valence-electron chi connectivity index (χ2n) is 2.94. The Morgan fingerprint density at radius 1 is 1.69 bits per heavy atom. The van der Waals surface area contributed by atoms with Gasteiger partial charge in [0.05, 0.1) is 25.0 Å². The van der Waals surface area contributed by atoms with Crippen molar-refractivity contribution in [2.45, 2.75) is 13.0 Å². The van der Waals surface area contributed by atoms with Crippen LogP contribution in [0, 0.1) is 11.3 Å². The van der Waals surface area contributed by atoms with Crippen LogP contribution in [0.3, 0.4) is 0 Å². The number of nitriles is 1. The third-order valence-corrected chi connectivity index (χ3v) is 3.81. The van der Waals surface area contributed by atoms with Gasteiger partial charge >= 0.3 is 0 Å². The first-order chi connectivity index (χ1) is 6.08. The van der Waals surface area contributed by atoms with Crippen LogP contribution in [0.4, 0.5) is 0 Å². The van der Waals surface area contributed by atoms with E-state index in [2.05, 4.69) is 0 Å². The molecule has 6 heteroatoms. The molecule has 1 atom stereocenters. The zero-order chi connectivity index (χ0) is 9.90. The minimum absolute atomic E-state index is 0.0288. The largest absolute Gasteiger partial charge is 0.379 e. The number of hydrogen-bond donors (Lipinski definition) is 0. The van der Waals surface area contributed by atoms with Crippen LogP contribution in [0.25, 0.3) is 0 Å². The lowest BCUT2D eigenvalue weighted by Gasteiger charge is -2.21. The molecule has 0 saturated carbocycles. The molecule has 5 nitrogen and oxygen atoms in total.